The molecule has 2 amide bonds. The molecule has 0 aromatic heterocycles. The summed E-state index contributed by atoms with van der Waals surface area (Å²) in [5, 5.41) is 3.27. The number of methoxy groups -OCH3 is 1. The van der Waals surface area contributed by atoms with Crippen molar-refractivity contribution in [3.8, 4) is 0 Å². The zero-order chi connectivity index (χ0) is 19.1. The Bertz CT molecular complexity index is 823. The van der Waals surface area contributed by atoms with Crippen LogP contribution < -0.4 is 10.2 Å². The highest BCUT2D eigenvalue weighted by molar-refractivity contribution is 6.31. The average molecular weight is 375 g/mol. The first-order valence-electron chi connectivity index (χ1n) is 7.89. The maximum atomic E-state index is 12.3. The largest absolute Gasteiger partial charge is 0.465 e. The quantitative estimate of drug-likeness (QED) is 0.789. The molecule has 7 heteroatoms. The number of hydrogen-bond donors (Lipinski definition) is 1. The van der Waals surface area contributed by atoms with Gasteiger partial charge < -0.3 is 15.0 Å². The van der Waals surface area contributed by atoms with Gasteiger partial charge in [-0.05, 0) is 23.8 Å². The van der Waals surface area contributed by atoms with Gasteiger partial charge in [-0.15, -0.1) is 0 Å². The van der Waals surface area contributed by atoms with Crippen LogP contribution in [0.1, 0.15) is 22.8 Å². The van der Waals surface area contributed by atoms with Gasteiger partial charge >= 0.3 is 5.97 Å². The maximum absolute atomic E-state index is 12.3. The molecule has 0 saturated heterocycles. The lowest BCUT2D eigenvalue weighted by Crippen LogP contribution is -2.40. The summed E-state index contributed by atoms with van der Waals surface area (Å²) in [4.78, 5) is 37.5. The molecular formula is C19H19ClN2O4. The van der Waals surface area contributed by atoms with Crippen LogP contribution in [0.4, 0.5) is 5.69 Å². The monoisotopic (exact) mass is 374 g/mol. The molecule has 0 fully saturated rings. The molecule has 0 spiro atoms. The molecule has 0 radical (unpaired) electrons. The number of anilines is 1. The molecule has 0 bridgehead atoms. The predicted octanol–water partition coefficient (Wildman–Crippen LogP) is 2.80. The number of para-hydroxylation sites is 1. The molecule has 2 aromatic carbocycles. The van der Waals surface area contributed by atoms with E-state index < -0.39 is 5.97 Å². The smallest absolute Gasteiger partial charge is 0.339 e. The number of carbonyl (C=O) groups is 3. The van der Waals surface area contributed by atoms with Gasteiger partial charge in [0.1, 0.15) is 6.54 Å². The van der Waals surface area contributed by atoms with Crippen molar-refractivity contribution in [2.45, 2.75) is 13.5 Å². The Morgan fingerprint density at radius 1 is 1.08 bits per heavy atom. The third-order valence-electron chi connectivity index (χ3n) is 3.72. The first-order valence-corrected chi connectivity index (χ1v) is 8.27. The van der Waals surface area contributed by atoms with Gasteiger partial charge in [-0.1, -0.05) is 41.9 Å². The van der Waals surface area contributed by atoms with Gasteiger partial charge in [-0.25, -0.2) is 4.79 Å². The van der Waals surface area contributed by atoms with Gasteiger partial charge in [0.2, 0.25) is 11.8 Å². The highest BCUT2D eigenvalue weighted by Gasteiger charge is 2.21. The summed E-state index contributed by atoms with van der Waals surface area (Å²) in [5.41, 5.74) is 1.30. The van der Waals surface area contributed by atoms with Crippen LogP contribution in [-0.4, -0.2) is 31.4 Å². The summed E-state index contributed by atoms with van der Waals surface area (Å²) in [6, 6.07) is 13.6. The number of halogens is 1. The molecule has 2 rings (SSSR count). The molecule has 26 heavy (non-hydrogen) atoms. The van der Waals surface area contributed by atoms with Crippen molar-refractivity contribution in [2.75, 3.05) is 18.6 Å². The molecule has 0 aliphatic heterocycles. The summed E-state index contributed by atoms with van der Waals surface area (Å²) >= 11 is 6.06. The molecular weight excluding hydrogens is 356 g/mol. The minimum Gasteiger partial charge on any atom is -0.465 e. The van der Waals surface area contributed by atoms with Crippen LogP contribution in [0.5, 0.6) is 0 Å². The number of esters is 1. The topological polar surface area (TPSA) is 75.7 Å². The Morgan fingerprint density at radius 2 is 1.73 bits per heavy atom. The summed E-state index contributed by atoms with van der Waals surface area (Å²) in [6.07, 6.45) is 0. The zero-order valence-electron chi connectivity index (χ0n) is 14.5. The van der Waals surface area contributed by atoms with Crippen molar-refractivity contribution in [2.24, 2.45) is 0 Å². The molecule has 6 nitrogen and oxygen atoms in total. The fourth-order valence-electron chi connectivity index (χ4n) is 2.39. The standard InChI is InChI=1S/C19H19ClN2O4/c1-13(23)22(17-10-6-4-8-15(17)19(25)26-2)12-18(24)21-11-14-7-3-5-9-16(14)20/h3-10H,11-12H2,1-2H3,(H,21,24). The predicted molar refractivity (Wildman–Crippen MR) is 99.1 cm³/mol. The van der Waals surface area contributed by atoms with E-state index in [-0.39, 0.29) is 30.5 Å². The van der Waals surface area contributed by atoms with Crippen LogP contribution in [0.15, 0.2) is 48.5 Å². The van der Waals surface area contributed by atoms with Gasteiger partial charge in [-0.3, -0.25) is 9.59 Å². The van der Waals surface area contributed by atoms with Gasteiger partial charge in [0.15, 0.2) is 0 Å². The van der Waals surface area contributed by atoms with E-state index in [1.807, 2.05) is 6.07 Å². The van der Waals surface area contributed by atoms with Crippen molar-refractivity contribution in [3.63, 3.8) is 0 Å². The van der Waals surface area contributed by atoms with Crippen LogP contribution in [0.2, 0.25) is 5.02 Å². The van der Waals surface area contributed by atoms with Crippen LogP contribution in [0.25, 0.3) is 0 Å². The number of hydrogen-bond acceptors (Lipinski definition) is 4. The fraction of sp³-hybridized carbons (Fsp3) is 0.211. The second kappa shape index (κ2) is 9.01. The molecule has 0 atom stereocenters. The lowest BCUT2D eigenvalue weighted by molar-refractivity contribution is -0.123. The van der Waals surface area contributed by atoms with E-state index in [2.05, 4.69) is 5.32 Å². The molecule has 0 unspecified atom stereocenters. The Morgan fingerprint density at radius 3 is 2.38 bits per heavy atom. The molecule has 2 aromatic rings. The Labute approximate surface area is 156 Å². The van der Waals surface area contributed by atoms with Crippen molar-refractivity contribution in [3.05, 3.63) is 64.7 Å². The minimum absolute atomic E-state index is 0.212. The zero-order valence-corrected chi connectivity index (χ0v) is 15.2. The molecule has 0 aliphatic rings. The van der Waals surface area contributed by atoms with E-state index in [4.69, 9.17) is 16.3 Å². The van der Waals surface area contributed by atoms with Crippen molar-refractivity contribution >= 4 is 35.1 Å². The lowest BCUT2D eigenvalue weighted by atomic mass is 10.1. The van der Waals surface area contributed by atoms with Crippen LogP contribution in [-0.2, 0) is 20.9 Å². The van der Waals surface area contributed by atoms with Crippen LogP contribution >= 0.6 is 11.6 Å². The maximum Gasteiger partial charge on any atom is 0.339 e. The molecule has 0 aliphatic carbocycles. The van der Waals surface area contributed by atoms with E-state index in [0.717, 1.165) is 5.56 Å². The number of amides is 2. The second-order valence-corrected chi connectivity index (χ2v) is 5.89. The third kappa shape index (κ3) is 4.83. The number of rotatable bonds is 6. The number of benzene rings is 2. The molecule has 136 valence electrons. The van der Waals surface area contributed by atoms with E-state index >= 15 is 0 Å². The molecule has 1 N–H and O–H groups in total. The normalized spacial score (nSPS) is 10.1. The van der Waals surface area contributed by atoms with Gasteiger partial charge in [0, 0.05) is 18.5 Å². The Balaban J connectivity index is 2.14. The van der Waals surface area contributed by atoms with Crippen molar-refractivity contribution < 1.29 is 19.1 Å². The van der Waals surface area contributed by atoms with Gasteiger partial charge in [-0.2, -0.15) is 0 Å². The highest BCUT2D eigenvalue weighted by Crippen LogP contribution is 2.21. The second-order valence-electron chi connectivity index (χ2n) is 5.48. The summed E-state index contributed by atoms with van der Waals surface area (Å²) in [6.45, 7) is 1.34. The summed E-state index contributed by atoms with van der Waals surface area (Å²) < 4.78 is 4.74. The first kappa shape index (κ1) is 19.5. The number of ether oxygens (including phenoxy) is 1. The number of carbonyl (C=O) groups excluding carboxylic acids is 3. The molecule has 0 saturated carbocycles. The number of nitrogens with zero attached hydrogens (tertiary/aromatic N) is 1. The lowest BCUT2D eigenvalue weighted by Gasteiger charge is -2.22. The van der Waals surface area contributed by atoms with Gasteiger partial charge in [0.05, 0.1) is 18.4 Å². The molecule has 0 heterocycles. The van der Waals surface area contributed by atoms with Crippen LogP contribution in [0.3, 0.4) is 0 Å². The SMILES string of the molecule is COC(=O)c1ccccc1N(CC(=O)NCc1ccccc1Cl)C(C)=O. The highest BCUT2D eigenvalue weighted by atomic mass is 35.5. The number of nitrogens with one attached hydrogen (secondary N) is 1. The first-order chi connectivity index (χ1) is 12.4. The minimum atomic E-state index is -0.580. The van der Waals surface area contributed by atoms with Crippen LogP contribution in [0, 0.1) is 0 Å². The van der Waals surface area contributed by atoms with E-state index in [1.165, 1.54) is 18.9 Å². The summed E-state index contributed by atoms with van der Waals surface area (Å²) in [7, 11) is 1.26. The van der Waals surface area contributed by atoms with Crippen molar-refractivity contribution in [1.29, 1.82) is 0 Å². The Kier molecular flexibility index (Phi) is 6.74. The Hall–Kier alpha value is -2.86. The van der Waals surface area contributed by atoms with E-state index in [9.17, 15) is 14.4 Å². The fourth-order valence-corrected chi connectivity index (χ4v) is 2.60. The third-order valence-corrected chi connectivity index (χ3v) is 4.08. The van der Waals surface area contributed by atoms with Gasteiger partial charge in [0.25, 0.3) is 0 Å². The van der Waals surface area contributed by atoms with E-state index in [1.54, 1.807) is 42.5 Å². The van der Waals surface area contributed by atoms with Crippen molar-refractivity contribution in [1.82, 2.24) is 5.32 Å². The summed E-state index contributed by atoms with van der Waals surface area (Å²) in [5.74, 6) is -1.32. The average Bonchev–Trinajstić information content (AvgIpc) is 2.64. The van der Waals surface area contributed by atoms with E-state index in [0.29, 0.717) is 10.7 Å².